The molecule has 1 heterocycles. The Labute approximate surface area is 91.6 Å². The lowest BCUT2D eigenvalue weighted by atomic mass is 10.0. The summed E-state index contributed by atoms with van der Waals surface area (Å²) in [7, 11) is -2.85. The summed E-state index contributed by atoms with van der Waals surface area (Å²) in [6.45, 7) is 3.59. The number of nitrogens with zero attached hydrogens (tertiary/aromatic N) is 1. The maximum absolute atomic E-state index is 11.1. The fourth-order valence-electron chi connectivity index (χ4n) is 1.91. The van der Waals surface area contributed by atoms with Crippen LogP contribution in [0, 0.1) is 0 Å². The van der Waals surface area contributed by atoms with E-state index in [2.05, 4.69) is 4.90 Å². The average Bonchev–Trinajstić information content (AvgIpc) is 2.07. The van der Waals surface area contributed by atoms with Crippen molar-refractivity contribution in [3.63, 3.8) is 0 Å². The molecule has 0 aromatic carbocycles. The van der Waals surface area contributed by atoms with Gasteiger partial charge in [-0.05, 0) is 19.9 Å². The normalized spacial score (nSPS) is 24.4. The van der Waals surface area contributed by atoms with Crippen LogP contribution in [0.1, 0.15) is 26.2 Å². The van der Waals surface area contributed by atoms with Gasteiger partial charge < -0.3 is 0 Å². The zero-order valence-electron chi connectivity index (χ0n) is 9.40. The Hall–Kier alpha value is -0.420. The summed E-state index contributed by atoms with van der Waals surface area (Å²) in [5.74, 6) is 0.561. The van der Waals surface area contributed by atoms with Gasteiger partial charge in [-0.2, -0.15) is 0 Å². The summed E-state index contributed by atoms with van der Waals surface area (Å²) in [4.78, 5) is 13.3. The minimum Gasteiger partial charge on any atom is -0.300 e. The highest BCUT2D eigenvalue weighted by molar-refractivity contribution is 7.90. The number of likely N-dealkylation sites (tertiary alicyclic amines) is 1. The first-order valence-corrected chi connectivity index (χ1v) is 7.38. The molecule has 88 valence electrons. The monoisotopic (exact) mass is 233 g/mol. The number of ketones is 1. The maximum atomic E-state index is 11.1. The third-order valence-corrected chi connectivity index (χ3v) is 3.81. The van der Waals surface area contributed by atoms with Gasteiger partial charge in [0.15, 0.2) is 0 Å². The number of hydrogen-bond acceptors (Lipinski definition) is 4. The molecule has 5 heteroatoms. The molecule has 4 nitrogen and oxygen atoms in total. The van der Waals surface area contributed by atoms with Crippen LogP contribution in [-0.2, 0) is 14.6 Å². The highest BCUT2D eigenvalue weighted by atomic mass is 32.2. The molecule has 0 saturated carbocycles. The van der Waals surface area contributed by atoms with Gasteiger partial charge in [0.1, 0.15) is 15.6 Å². The van der Waals surface area contributed by atoms with E-state index in [0.717, 1.165) is 13.1 Å². The van der Waals surface area contributed by atoms with E-state index >= 15 is 0 Å². The van der Waals surface area contributed by atoms with Crippen molar-refractivity contribution in [2.75, 3.05) is 25.1 Å². The molecular weight excluding hydrogens is 214 g/mol. The maximum Gasteiger partial charge on any atom is 0.147 e. The molecule has 1 atom stereocenters. The van der Waals surface area contributed by atoms with Gasteiger partial charge in [-0.25, -0.2) is 8.42 Å². The molecule has 0 aliphatic carbocycles. The molecule has 1 unspecified atom stereocenters. The number of rotatable bonds is 4. The molecule has 1 aliphatic heterocycles. The summed E-state index contributed by atoms with van der Waals surface area (Å²) < 4.78 is 21.9. The van der Waals surface area contributed by atoms with Gasteiger partial charge in [-0.15, -0.1) is 0 Å². The van der Waals surface area contributed by atoms with Gasteiger partial charge >= 0.3 is 0 Å². The summed E-state index contributed by atoms with van der Waals surface area (Å²) >= 11 is 0. The van der Waals surface area contributed by atoms with Crippen molar-refractivity contribution in [3.8, 4) is 0 Å². The fourth-order valence-corrected chi connectivity index (χ4v) is 2.56. The first-order valence-electron chi connectivity index (χ1n) is 5.32. The van der Waals surface area contributed by atoms with E-state index in [1.807, 2.05) is 6.92 Å². The SMILES string of the molecule is CC1CC(=O)CCN1CCCS(C)(=O)=O. The summed E-state index contributed by atoms with van der Waals surface area (Å²) in [6.07, 6.45) is 3.15. The third-order valence-electron chi connectivity index (χ3n) is 2.78. The van der Waals surface area contributed by atoms with Gasteiger partial charge in [-0.1, -0.05) is 0 Å². The van der Waals surface area contributed by atoms with Crippen LogP contribution < -0.4 is 0 Å². The van der Waals surface area contributed by atoms with E-state index in [1.54, 1.807) is 0 Å². The minimum absolute atomic E-state index is 0.240. The molecule has 0 spiro atoms. The molecular formula is C10H19NO3S. The topological polar surface area (TPSA) is 54.5 Å². The highest BCUT2D eigenvalue weighted by Crippen LogP contribution is 2.13. The Morgan fingerprint density at radius 3 is 2.67 bits per heavy atom. The second-order valence-corrected chi connectivity index (χ2v) is 6.62. The predicted octanol–water partition coefficient (Wildman–Crippen LogP) is 0.475. The molecule has 1 rings (SSSR count). The Balaban J connectivity index is 2.30. The van der Waals surface area contributed by atoms with Gasteiger partial charge in [0, 0.05) is 31.7 Å². The van der Waals surface area contributed by atoms with E-state index in [4.69, 9.17) is 0 Å². The lowest BCUT2D eigenvalue weighted by Gasteiger charge is -2.32. The van der Waals surface area contributed by atoms with Crippen molar-refractivity contribution in [2.24, 2.45) is 0 Å². The van der Waals surface area contributed by atoms with Gasteiger partial charge in [0.05, 0.1) is 5.75 Å². The van der Waals surface area contributed by atoms with Crippen molar-refractivity contribution in [1.82, 2.24) is 4.90 Å². The molecule has 1 aliphatic rings. The lowest BCUT2D eigenvalue weighted by Crippen LogP contribution is -2.41. The first kappa shape index (κ1) is 12.6. The van der Waals surface area contributed by atoms with Crippen molar-refractivity contribution in [1.29, 1.82) is 0 Å². The number of sulfone groups is 1. The van der Waals surface area contributed by atoms with Crippen LogP contribution in [0.2, 0.25) is 0 Å². The Bertz CT molecular complexity index is 324. The molecule has 0 aromatic heterocycles. The molecule has 0 radical (unpaired) electrons. The summed E-state index contributed by atoms with van der Waals surface area (Å²) in [5, 5.41) is 0. The largest absolute Gasteiger partial charge is 0.300 e. The smallest absolute Gasteiger partial charge is 0.147 e. The van der Waals surface area contributed by atoms with E-state index in [1.165, 1.54) is 6.26 Å². The number of piperidine rings is 1. The fraction of sp³-hybridized carbons (Fsp3) is 0.900. The number of carbonyl (C=O) groups excluding carboxylic acids is 1. The predicted molar refractivity (Wildman–Crippen MR) is 59.6 cm³/mol. The zero-order chi connectivity index (χ0) is 11.5. The third kappa shape index (κ3) is 4.75. The molecule has 0 bridgehead atoms. The second-order valence-electron chi connectivity index (χ2n) is 4.36. The highest BCUT2D eigenvalue weighted by Gasteiger charge is 2.22. The van der Waals surface area contributed by atoms with E-state index in [-0.39, 0.29) is 11.8 Å². The van der Waals surface area contributed by atoms with Crippen molar-refractivity contribution in [3.05, 3.63) is 0 Å². The number of hydrogen-bond donors (Lipinski definition) is 0. The molecule has 1 fully saturated rings. The van der Waals surface area contributed by atoms with Crippen LogP contribution in [0.3, 0.4) is 0 Å². The van der Waals surface area contributed by atoms with Gasteiger partial charge in [-0.3, -0.25) is 9.69 Å². The van der Waals surface area contributed by atoms with Crippen molar-refractivity contribution >= 4 is 15.6 Å². The Morgan fingerprint density at radius 2 is 2.13 bits per heavy atom. The number of Topliss-reactive ketones (excluding diaryl/α,β-unsaturated/α-hetero) is 1. The lowest BCUT2D eigenvalue weighted by molar-refractivity contribution is -0.122. The van der Waals surface area contributed by atoms with Crippen molar-refractivity contribution < 1.29 is 13.2 Å². The molecule has 1 saturated heterocycles. The number of carbonyl (C=O) groups is 1. The van der Waals surface area contributed by atoms with Crippen LogP contribution >= 0.6 is 0 Å². The van der Waals surface area contributed by atoms with Crippen LogP contribution in [-0.4, -0.2) is 50.2 Å². The molecule has 0 N–H and O–H groups in total. The first-order chi connectivity index (χ1) is 6.88. The van der Waals surface area contributed by atoms with Gasteiger partial charge in [0.25, 0.3) is 0 Å². The molecule has 15 heavy (non-hydrogen) atoms. The van der Waals surface area contributed by atoms with Crippen LogP contribution in [0.25, 0.3) is 0 Å². The summed E-state index contributed by atoms with van der Waals surface area (Å²) in [6, 6.07) is 0.269. The van der Waals surface area contributed by atoms with E-state index in [0.29, 0.717) is 25.0 Å². The van der Waals surface area contributed by atoms with E-state index < -0.39 is 9.84 Å². The molecule has 0 amide bonds. The Kier molecular flexibility index (Phi) is 4.28. The standard InChI is InChI=1S/C10H19NO3S/c1-9-8-10(12)4-6-11(9)5-3-7-15(2,13)14/h9H,3-8H2,1-2H3. The quantitative estimate of drug-likeness (QED) is 0.708. The zero-order valence-corrected chi connectivity index (χ0v) is 10.2. The molecule has 0 aromatic rings. The minimum atomic E-state index is -2.85. The van der Waals surface area contributed by atoms with E-state index in [9.17, 15) is 13.2 Å². The van der Waals surface area contributed by atoms with Gasteiger partial charge in [0.2, 0.25) is 0 Å². The van der Waals surface area contributed by atoms with Crippen LogP contribution in [0.5, 0.6) is 0 Å². The van der Waals surface area contributed by atoms with Crippen LogP contribution in [0.4, 0.5) is 0 Å². The second kappa shape index (κ2) is 5.07. The Morgan fingerprint density at radius 1 is 1.47 bits per heavy atom. The average molecular weight is 233 g/mol. The van der Waals surface area contributed by atoms with Crippen molar-refractivity contribution in [2.45, 2.75) is 32.2 Å². The summed E-state index contributed by atoms with van der Waals surface area (Å²) in [5.41, 5.74) is 0. The van der Waals surface area contributed by atoms with Crippen LogP contribution in [0.15, 0.2) is 0 Å².